The Morgan fingerprint density at radius 1 is 1.33 bits per heavy atom. The number of halogens is 1. The third kappa shape index (κ3) is 2.33. The Bertz CT molecular complexity index is 583. The second kappa shape index (κ2) is 5.38. The Morgan fingerprint density at radius 3 is 2.78 bits per heavy atom. The predicted molar refractivity (Wildman–Crippen MR) is 73.3 cm³/mol. The van der Waals surface area contributed by atoms with Crippen molar-refractivity contribution in [3.05, 3.63) is 47.0 Å². The van der Waals surface area contributed by atoms with Gasteiger partial charge in [-0.15, -0.1) is 0 Å². The van der Waals surface area contributed by atoms with Crippen LogP contribution < -0.4 is 0 Å². The molecule has 0 aliphatic heterocycles. The van der Waals surface area contributed by atoms with Crippen LogP contribution in [0.2, 0.25) is 5.02 Å². The van der Waals surface area contributed by atoms with Gasteiger partial charge in [-0.05, 0) is 23.8 Å². The number of rotatable bonds is 3. The minimum atomic E-state index is -1.14. The van der Waals surface area contributed by atoms with Crippen LogP contribution in [0.1, 0.15) is 18.6 Å². The summed E-state index contributed by atoms with van der Waals surface area (Å²) in [6.07, 6.45) is -1.14. The molecular formula is C14H14ClNO2. The van der Waals surface area contributed by atoms with Gasteiger partial charge in [0, 0.05) is 10.6 Å². The number of nitrogens with one attached hydrogen (secondary N) is 1. The molecule has 2 aromatic carbocycles. The van der Waals surface area contributed by atoms with E-state index >= 15 is 0 Å². The Kier molecular flexibility index (Phi) is 3.84. The monoisotopic (exact) mass is 263 g/mol. The largest absolute Gasteiger partial charge is 0.479 e. The van der Waals surface area contributed by atoms with Gasteiger partial charge in [-0.1, -0.05) is 41.9 Å². The number of benzene rings is 2. The second-order valence-electron chi connectivity index (χ2n) is 3.88. The number of ether oxygens (including phenoxy) is 1. The van der Waals surface area contributed by atoms with Crippen molar-refractivity contribution in [2.75, 3.05) is 6.61 Å². The normalized spacial score (nSPS) is 12.4. The lowest BCUT2D eigenvalue weighted by Crippen LogP contribution is -2.15. The molecule has 2 rings (SSSR count). The highest BCUT2D eigenvalue weighted by Crippen LogP contribution is 2.31. The van der Waals surface area contributed by atoms with Crippen LogP contribution in [0.3, 0.4) is 0 Å². The van der Waals surface area contributed by atoms with Gasteiger partial charge < -0.3 is 9.84 Å². The molecule has 0 fully saturated rings. The number of hydrogen-bond donors (Lipinski definition) is 2. The first-order valence-corrected chi connectivity index (χ1v) is 6.09. The van der Waals surface area contributed by atoms with Crippen molar-refractivity contribution < 1.29 is 9.84 Å². The van der Waals surface area contributed by atoms with Crippen molar-refractivity contribution in [1.29, 1.82) is 5.41 Å². The molecule has 2 aromatic rings. The van der Waals surface area contributed by atoms with E-state index in [4.69, 9.17) is 21.7 Å². The molecule has 0 spiro atoms. The van der Waals surface area contributed by atoms with Crippen LogP contribution in [0.5, 0.6) is 0 Å². The van der Waals surface area contributed by atoms with Crippen molar-refractivity contribution in [2.45, 2.75) is 13.0 Å². The van der Waals surface area contributed by atoms with Crippen molar-refractivity contribution in [3.63, 3.8) is 0 Å². The average Bonchev–Trinajstić information content (AvgIpc) is 2.38. The first-order valence-electron chi connectivity index (χ1n) is 5.71. The third-order valence-electron chi connectivity index (χ3n) is 2.74. The molecule has 0 bridgehead atoms. The first kappa shape index (κ1) is 12.9. The fourth-order valence-corrected chi connectivity index (χ4v) is 2.18. The van der Waals surface area contributed by atoms with Crippen molar-refractivity contribution >= 4 is 28.3 Å². The lowest BCUT2D eigenvalue weighted by molar-refractivity contribution is 0.191. The fourth-order valence-electron chi connectivity index (χ4n) is 1.91. The molecule has 4 heteroatoms. The van der Waals surface area contributed by atoms with Crippen molar-refractivity contribution in [1.82, 2.24) is 0 Å². The van der Waals surface area contributed by atoms with E-state index in [0.717, 1.165) is 10.8 Å². The molecule has 94 valence electrons. The molecule has 0 aliphatic rings. The molecule has 0 radical (unpaired) electrons. The zero-order valence-corrected chi connectivity index (χ0v) is 10.7. The Hall–Kier alpha value is -1.58. The molecule has 18 heavy (non-hydrogen) atoms. The van der Waals surface area contributed by atoms with Crippen molar-refractivity contribution in [2.24, 2.45) is 0 Å². The van der Waals surface area contributed by atoms with E-state index in [2.05, 4.69) is 0 Å². The predicted octanol–water partition coefficient (Wildman–Crippen LogP) is 3.54. The molecule has 1 unspecified atom stereocenters. The molecule has 1 atom stereocenters. The fraction of sp³-hybridized carbons (Fsp3) is 0.214. The Morgan fingerprint density at radius 2 is 2.06 bits per heavy atom. The summed E-state index contributed by atoms with van der Waals surface area (Å²) in [7, 11) is 0. The van der Waals surface area contributed by atoms with E-state index in [-0.39, 0.29) is 5.90 Å². The minimum Gasteiger partial charge on any atom is -0.479 e. The maximum absolute atomic E-state index is 10.2. The van der Waals surface area contributed by atoms with E-state index in [9.17, 15) is 5.11 Å². The van der Waals surface area contributed by atoms with Crippen LogP contribution in [0.25, 0.3) is 10.8 Å². The summed E-state index contributed by atoms with van der Waals surface area (Å²) in [6, 6.07) is 11.2. The number of hydrogen-bond acceptors (Lipinski definition) is 3. The highest BCUT2D eigenvalue weighted by atomic mass is 35.5. The summed E-state index contributed by atoms with van der Waals surface area (Å²) in [5.74, 6) is -0.184. The van der Waals surface area contributed by atoms with Gasteiger partial charge in [-0.25, -0.2) is 0 Å². The lowest BCUT2D eigenvalue weighted by atomic mass is 10.00. The van der Waals surface area contributed by atoms with Crippen LogP contribution in [0, 0.1) is 5.41 Å². The quantitative estimate of drug-likeness (QED) is 0.657. The maximum atomic E-state index is 10.2. The molecule has 0 saturated heterocycles. The summed E-state index contributed by atoms with van der Waals surface area (Å²) in [4.78, 5) is 0. The standard InChI is InChI=1S/C14H14ClNO2/c1-2-18-14(16)13(17)12-10-6-4-3-5-9(10)7-8-11(12)15/h3-8,13,16-17H,2H2,1H3. The van der Waals surface area contributed by atoms with Crippen LogP contribution in [0.4, 0.5) is 0 Å². The summed E-state index contributed by atoms with van der Waals surface area (Å²) in [5, 5.41) is 20.1. The second-order valence-corrected chi connectivity index (χ2v) is 4.29. The van der Waals surface area contributed by atoms with Gasteiger partial charge in [-0.3, -0.25) is 5.41 Å². The van der Waals surface area contributed by atoms with Crippen LogP contribution in [-0.4, -0.2) is 17.6 Å². The van der Waals surface area contributed by atoms with Gasteiger partial charge in [-0.2, -0.15) is 0 Å². The van der Waals surface area contributed by atoms with E-state index in [0.29, 0.717) is 17.2 Å². The zero-order valence-electron chi connectivity index (χ0n) is 9.98. The van der Waals surface area contributed by atoms with Crippen LogP contribution in [-0.2, 0) is 4.74 Å². The topological polar surface area (TPSA) is 53.3 Å². The smallest absolute Gasteiger partial charge is 0.215 e. The first-order chi connectivity index (χ1) is 8.65. The minimum absolute atomic E-state index is 0.184. The number of aliphatic hydroxyl groups is 1. The van der Waals surface area contributed by atoms with Gasteiger partial charge >= 0.3 is 0 Å². The molecule has 0 heterocycles. The summed E-state index contributed by atoms with van der Waals surface area (Å²) in [6.45, 7) is 2.12. The van der Waals surface area contributed by atoms with Gasteiger partial charge in [0.25, 0.3) is 0 Å². The molecule has 2 N–H and O–H groups in total. The summed E-state index contributed by atoms with van der Waals surface area (Å²) in [5.41, 5.74) is 0.521. The molecule has 0 amide bonds. The molecule has 0 aliphatic carbocycles. The average molecular weight is 264 g/mol. The molecule has 3 nitrogen and oxygen atoms in total. The van der Waals surface area contributed by atoms with Crippen LogP contribution >= 0.6 is 11.6 Å². The van der Waals surface area contributed by atoms with Crippen molar-refractivity contribution in [3.8, 4) is 0 Å². The maximum Gasteiger partial charge on any atom is 0.215 e. The Balaban J connectivity index is 2.55. The number of aliphatic hydroxyl groups excluding tert-OH is 1. The van der Waals surface area contributed by atoms with Gasteiger partial charge in [0.1, 0.15) is 0 Å². The summed E-state index contributed by atoms with van der Waals surface area (Å²) < 4.78 is 5.04. The van der Waals surface area contributed by atoms with Crippen LogP contribution in [0.15, 0.2) is 36.4 Å². The van der Waals surface area contributed by atoms with Gasteiger partial charge in [0.2, 0.25) is 5.90 Å². The van der Waals surface area contributed by atoms with E-state index in [1.165, 1.54) is 0 Å². The van der Waals surface area contributed by atoms with E-state index in [1.807, 2.05) is 30.3 Å². The van der Waals surface area contributed by atoms with Gasteiger partial charge in [0.15, 0.2) is 6.10 Å². The van der Waals surface area contributed by atoms with E-state index in [1.54, 1.807) is 13.0 Å². The lowest BCUT2D eigenvalue weighted by Gasteiger charge is -2.16. The van der Waals surface area contributed by atoms with Gasteiger partial charge in [0.05, 0.1) is 6.61 Å². The highest BCUT2D eigenvalue weighted by Gasteiger charge is 2.20. The SMILES string of the molecule is CCOC(=N)C(O)c1c(Cl)ccc2ccccc12. The van der Waals surface area contributed by atoms with E-state index < -0.39 is 6.10 Å². The zero-order chi connectivity index (χ0) is 13.1. The molecule has 0 saturated carbocycles. The number of fused-ring (bicyclic) bond motifs is 1. The highest BCUT2D eigenvalue weighted by molar-refractivity contribution is 6.32. The molecule has 0 aromatic heterocycles. The molecular weight excluding hydrogens is 250 g/mol. The Labute approximate surface area is 110 Å². The third-order valence-corrected chi connectivity index (χ3v) is 3.07. The summed E-state index contributed by atoms with van der Waals surface area (Å²) >= 11 is 6.13.